The summed E-state index contributed by atoms with van der Waals surface area (Å²) >= 11 is 0. The molecule has 0 fully saturated rings. The Labute approximate surface area is 143 Å². The minimum absolute atomic E-state index is 0.0864. The van der Waals surface area contributed by atoms with Crippen molar-refractivity contribution in [3.8, 4) is 11.5 Å². The first kappa shape index (κ1) is 18.2. The van der Waals surface area contributed by atoms with Gasteiger partial charge in [-0.25, -0.2) is 4.79 Å². The van der Waals surface area contributed by atoms with Crippen LogP contribution in [0, 0.1) is 10.1 Å². The average molecular weight is 367 g/mol. The lowest BCUT2D eigenvalue weighted by Crippen LogP contribution is -2.11. The summed E-state index contributed by atoms with van der Waals surface area (Å²) in [4.78, 5) is 21.3. The van der Waals surface area contributed by atoms with Crippen molar-refractivity contribution in [3.63, 3.8) is 0 Å². The second-order valence-electron chi connectivity index (χ2n) is 4.65. The number of rotatable bonds is 6. The number of carbonyl (C=O) groups is 1. The lowest BCUT2D eigenvalue weighted by atomic mass is 10.2. The zero-order chi connectivity index (χ0) is 18.6. The number of nitrogens with zero attached hydrogens (tertiary/aromatic N) is 1. The number of hydrogen-bond acceptors (Lipinski definition) is 8. The van der Waals surface area contributed by atoms with Crippen LogP contribution in [0.15, 0.2) is 47.4 Å². The van der Waals surface area contributed by atoms with Gasteiger partial charge in [0.05, 0.1) is 24.7 Å². The maximum Gasteiger partial charge on any atom is 0.339 e. The number of hydrogen-bond donors (Lipinski definition) is 0. The van der Waals surface area contributed by atoms with Crippen LogP contribution >= 0.6 is 0 Å². The Morgan fingerprint density at radius 1 is 1.12 bits per heavy atom. The molecule has 25 heavy (non-hydrogen) atoms. The van der Waals surface area contributed by atoms with Gasteiger partial charge < -0.3 is 13.7 Å². The Morgan fingerprint density at radius 2 is 1.84 bits per heavy atom. The molecular formula is C15H13NO8S. The Kier molecular flexibility index (Phi) is 5.22. The van der Waals surface area contributed by atoms with E-state index in [-0.39, 0.29) is 17.1 Å². The third-order valence-corrected chi connectivity index (χ3v) is 4.34. The van der Waals surface area contributed by atoms with Crippen LogP contribution in [-0.2, 0) is 14.9 Å². The van der Waals surface area contributed by atoms with Crippen molar-refractivity contribution in [2.75, 3.05) is 14.2 Å². The summed E-state index contributed by atoms with van der Waals surface area (Å²) in [5.74, 6) is -0.888. The van der Waals surface area contributed by atoms with E-state index in [1.807, 2.05) is 0 Å². The summed E-state index contributed by atoms with van der Waals surface area (Å²) in [5, 5.41) is 11.0. The summed E-state index contributed by atoms with van der Waals surface area (Å²) in [6.45, 7) is 0. The number of ether oxygens (including phenoxy) is 2. The van der Waals surface area contributed by atoms with E-state index < -0.39 is 31.6 Å². The molecule has 10 heteroatoms. The summed E-state index contributed by atoms with van der Waals surface area (Å²) < 4.78 is 38.9. The molecule has 0 N–H and O–H groups in total. The highest BCUT2D eigenvalue weighted by atomic mass is 32.2. The topological polar surface area (TPSA) is 122 Å². The van der Waals surface area contributed by atoms with E-state index >= 15 is 0 Å². The minimum Gasteiger partial charge on any atom is -0.490 e. The largest absolute Gasteiger partial charge is 0.490 e. The van der Waals surface area contributed by atoms with Crippen molar-refractivity contribution in [2.45, 2.75) is 4.90 Å². The van der Waals surface area contributed by atoms with E-state index in [0.717, 1.165) is 18.2 Å². The molecule has 0 amide bonds. The first-order valence-electron chi connectivity index (χ1n) is 6.74. The van der Waals surface area contributed by atoms with E-state index in [0.29, 0.717) is 0 Å². The summed E-state index contributed by atoms with van der Waals surface area (Å²) in [5.41, 5.74) is -0.425. The molecule has 2 aromatic carbocycles. The summed E-state index contributed by atoms with van der Waals surface area (Å²) in [7, 11) is -1.94. The molecule has 0 saturated carbocycles. The standard InChI is InChI=1S/C15H13NO8S/c1-22-14-7-6-12(9-13(14)16(18)19)25(20,21)24-11-5-3-4-10(8-11)15(17)23-2/h3-9H,1-2H3. The Balaban J connectivity index is 2.38. The number of benzene rings is 2. The van der Waals surface area contributed by atoms with Crippen LogP contribution in [-0.4, -0.2) is 33.5 Å². The minimum atomic E-state index is -4.36. The monoisotopic (exact) mass is 367 g/mol. The third kappa shape index (κ3) is 4.04. The number of methoxy groups -OCH3 is 2. The normalized spacial score (nSPS) is 10.8. The van der Waals surface area contributed by atoms with Crippen LogP contribution < -0.4 is 8.92 Å². The Morgan fingerprint density at radius 3 is 2.44 bits per heavy atom. The molecule has 0 aromatic heterocycles. The molecule has 0 heterocycles. The second kappa shape index (κ2) is 7.18. The predicted octanol–water partition coefficient (Wildman–Crippen LogP) is 2.16. The first-order chi connectivity index (χ1) is 11.8. The molecule has 132 valence electrons. The van der Waals surface area contributed by atoms with Crippen molar-refractivity contribution in [3.05, 3.63) is 58.1 Å². The molecule has 0 atom stereocenters. The summed E-state index contributed by atoms with van der Waals surface area (Å²) in [6.07, 6.45) is 0. The number of carbonyl (C=O) groups excluding carboxylic acids is 1. The fourth-order valence-corrected chi connectivity index (χ4v) is 2.88. The van der Waals surface area contributed by atoms with E-state index in [1.165, 1.54) is 38.5 Å². The molecule has 0 radical (unpaired) electrons. The molecule has 0 bridgehead atoms. The van der Waals surface area contributed by atoms with Gasteiger partial charge in [0, 0.05) is 6.07 Å². The van der Waals surface area contributed by atoms with Gasteiger partial charge >= 0.3 is 21.8 Å². The van der Waals surface area contributed by atoms with Gasteiger partial charge in [-0.05, 0) is 30.3 Å². The first-order valence-corrected chi connectivity index (χ1v) is 8.14. The molecule has 0 spiro atoms. The Bertz CT molecular complexity index is 923. The maximum atomic E-state index is 12.3. The van der Waals surface area contributed by atoms with Gasteiger partial charge in [-0.3, -0.25) is 10.1 Å². The molecule has 0 saturated heterocycles. The molecule has 9 nitrogen and oxygen atoms in total. The van der Waals surface area contributed by atoms with Crippen LogP contribution in [0.3, 0.4) is 0 Å². The van der Waals surface area contributed by atoms with E-state index in [2.05, 4.69) is 4.74 Å². The number of nitro benzene ring substituents is 1. The van der Waals surface area contributed by atoms with Gasteiger partial charge in [0.15, 0.2) is 5.75 Å². The van der Waals surface area contributed by atoms with Gasteiger partial charge in [-0.1, -0.05) is 6.07 Å². The van der Waals surface area contributed by atoms with Gasteiger partial charge in [0.25, 0.3) is 0 Å². The van der Waals surface area contributed by atoms with Crippen LogP contribution in [0.5, 0.6) is 11.5 Å². The lowest BCUT2D eigenvalue weighted by molar-refractivity contribution is -0.386. The fraction of sp³-hybridized carbons (Fsp3) is 0.133. The zero-order valence-corrected chi connectivity index (χ0v) is 14.0. The maximum absolute atomic E-state index is 12.3. The summed E-state index contributed by atoms with van der Waals surface area (Å²) in [6, 6.07) is 8.43. The smallest absolute Gasteiger partial charge is 0.339 e. The van der Waals surface area contributed by atoms with Gasteiger partial charge in [0.2, 0.25) is 0 Å². The van der Waals surface area contributed by atoms with Crippen molar-refractivity contribution in [1.29, 1.82) is 0 Å². The van der Waals surface area contributed by atoms with E-state index in [9.17, 15) is 23.3 Å². The fourth-order valence-electron chi connectivity index (χ4n) is 1.94. The number of esters is 1. The van der Waals surface area contributed by atoms with Crippen molar-refractivity contribution < 1.29 is 31.8 Å². The predicted molar refractivity (Wildman–Crippen MR) is 85.2 cm³/mol. The highest BCUT2D eigenvalue weighted by molar-refractivity contribution is 7.87. The van der Waals surface area contributed by atoms with Crippen molar-refractivity contribution in [2.24, 2.45) is 0 Å². The SMILES string of the molecule is COC(=O)c1cccc(OS(=O)(=O)c2ccc(OC)c([N+](=O)[O-])c2)c1. The van der Waals surface area contributed by atoms with E-state index in [4.69, 9.17) is 8.92 Å². The second-order valence-corrected chi connectivity index (χ2v) is 6.19. The van der Waals surface area contributed by atoms with Crippen molar-refractivity contribution >= 4 is 21.8 Å². The van der Waals surface area contributed by atoms with Gasteiger partial charge in [0.1, 0.15) is 10.6 Å². The molecule has 0 aliphatic rings. The van der Waals surface area contributed by atoms with Crippen LogP contribution in [0.2, 0.25) is 0 Å². The zero-order valence-electron chi connectivity index (χ0n) is 13.2. The van der Waals surface area contributed by atoms with Crippen LogP contribution in [0.4, 0.5) is 5.69 Å². The average Bonchev–Trinajstić information content (AvgIpc) is 2.60. The molecule has 0 unspecified atom stereocenters. The van der Waals surface area contributed by atoms with Crippen LogP contribution in [0.1, 0.15) is 10.4 Å². The molecular weight excluding hydrogens is 354 g/mol. The van der Waals surface area contributed by atoms with Gasteiger partial charge in [-0.2, -0.15) is 8.42 Å². The van der Waals surface area contributed by atoms with E-state index in [1.54, 1.807) is 0 Å². The molecule has 2 aromatic rings. The van der Waals surface area contributed by atoms with Crippen LogP contribution in [0.25, 0.3) is 0 Å². The van der Waals surface area contributed by atoms with Gasteiger partial charge in [-0.15, -0.1) is 0 Å². The molecule has 0 aliphatic heterocycles. The highest BCUT2D eigenvalue weighted by Crippen LogP contribution is 2.30. The van der Waals surface area contributed by atoms with Crippen molar-refractivity contribution in [1.82, 2.24) is 0 Å². The molecule has 0 aliphatic carbocycles. The number of nitro groups is 1. The quantitative estimate of drug-likeness (QED) is 0.329. The lowest BCUT2D eigenvalue weighted by Gasteiger charge is -2.09. The molecule has 2 rings (SSSR count). The third-order valence-electron chi connectivity index (χ3n) is 3.10. The highest BCUT2D eigenvalue weighted by Gasteiger charge is 2.24. The Hall–Kier alpha value is -3.14.